The first-order valence-corrected chi connectivity index (χ1v) is 8.15. The molecule has 0 saturated carbocycles. The van der Waals surface area contributed by atoms with E-state index in [2.05, 4.69) is 20.4 Å². The molecule has 0 atom stereocenters. The number of nitrogens with zero attached hydrogens (tertiary/aromatic N) is 3. The summed E-state index contributed by atoms with van der Waals surface area (Å²) in [6.07, 6.45) is 0. The second-order valence-corrected chi connectivity index (χ2v) is 5.74. The van der Waals surface area contributed by atoms with Crippen LogP contribution in [0.5, 0.6) is 5.75 Å². The minimum Gasteiger partial charge on any atom is -0.497 e. The van der Waals surface area contributed by atoms with Crippen LogP contribution in [-0.2, 0) is 6.54 Å². The van der Waals surface area contributed by atoms with Crippen LogP contribution in [0.3, 0.4) is 0 Å². The first-order chi connectivity index (χ1) is 12.7. The van der Waals surface area contributed by atoms with E-state index in [0.29, 0.717) is 23.8 Å². The Balaban J connectivity index is 1.59. The van der Waals surface area contributed by atoms with Gasteiger partial charge in [0, 0.05) is 17.3 Å². The van der Waals surface area contributed by atoms with Crippen LogP contribution in [-0.4, -0.2) is 26.7 Å². The zero-order valence-electron chi connectivity index (χ0n) is 14.1. The number of hydrogen-bond acceptors (Lipinski definition) is 5. The molecular weight excluding hydrogens is 330 g/mol. The van der Waals surface area contributed by atoms with Gasteiger partial charge in [-0.2, -0.15) is 9.50 Å². The first-order valence-electron chi connectivity index (χ1n) is 8.15. The van der Waals surface area contributed by atoms with Crippen LogP contribution < -0.4 is 15.6 Å². The maximum absolute atomic E-state index is 12.3. The lowest BCUT2D eigenvalue weighted by molar-refractivity contribution is 0.415. The Morgan fingerprint density at radius 2 is 1.85 bits per heavy atom. The van der Waals surface area contributed by atoms with Crippen LogP contribution in [0, 0.1) is 0 Å². The highest BCUT2D eigenvalue weighted by molar-refractivity contribution is 5.56. The van der Waals surface area contributed by atoms with Crippen LogP contribution in [0.25, 0.3) is 17.2 Å². The molecule has 26 heavy (non-hydrogen) atoms. The summed E-state index contributed by atoms with van der Waals surface area (Å²) in [4.78, 5) is 21.2. The number of methoxy groups -OCH3 is 1. The van der Waals surface area contributed by atoms with Gasteiger partial charge in [-0.05, 0) is 24.3 Å². The zero-order valence-corrected chi connectivity index (χ0v) is 14.1. The van der Waals surface area contributed by atoms with E-state index in [0.717, 1.165) is 17.0 Å². The van der Waals surface area contributed by atoms with Gasteiger partial charge in [0.2, 0.25) is 0 Å². The van der Waals surface area contributed by atoms with Crippen LogP contribution in [0.15, 0.2) is 65.5 Å². The fourth-order valence-electron chi connectivity index (χ4n) is 2.64. The van der Waals surface area contributed by atoms with Gasteiger partial charge in [-0.15, -0.1) is 0 Å². The van der Waals surface area contributed by atoms with Crippen molar-refractivity contribution in [2.45, 2.75) is 6.54 Å². The SMILES string of the molecule is COc1ccc(NCc2cc(=O)n3[nH]c(-c4ccccc4)nc3n2)cc1. The molecule has 7 heteroatoms. The van der Waals surface area contributed by atoms with Gasteiger partial charge in [-0.25, -0.2) is 4.98 Å². The smallest absolute Gasteiger partial charge is 0.274 e. The molecule has 0 unspecified atom stereocenters. The Labute approximate surface area is 149 Å². The molecule has 0 fully saturated rings. The number of nitrogens with one attached hydrogen (secondary N) is 2. The molecule has 0 aliphatic carbocycles. The van der Waals surface area contributed by atoms with Crippen molar-refractivity contribution < 1.29 is 4.74 Å². The summed E-state index contributed by atoms with van der Waals surface area (Å²) in [6.45, 7) is 0.422. The van der Waals surface area contributed by atoms with E-state index in [4.69, 9.17) is 4.74 Å². The number of aromatic nitrogens is 4. The highest BCUT2D eigenvalue weighted by atomic mass is 16.5. The van der Waals surface area contributed by atoms with Crippen molar-refractivity contribution in [3.05, 3.63) is 76.7 Å². The van der Waals surface area contributed by atoms with E-state index in [1.165, 1.54) is 10.6 Å². The maximum Gasteiger partial charge on any atom is 0.274 e. The summed E-state index contributed by atoms with van der Waals surface area (Å²) in [5.41, 5.74) is 2.24. The summed E-state index contributed by atoms with van der Waals surface area (Å²) >= 11 is 0. The molecule has 0 aliphatic rings. The number of fused-ring (bicyclic) bond motifs is 1. The van der Waals surface area contributed by atoms with Crippen LogP contribution in [0.1, 0.15) is 5.69 Å². The van der Waals surface area contributed by atoms with E-state index in [9.17, 15) is 4.79 Å². The molecule has 2 heterocycles. The lowest BCUT2D eigenvalue weighted by Crippen LogP contribution is -2.17. The van der Waals surface area contributed by atoms with Gasteiger partial charge in [0.15, 0.2) is 5.82 Å². The van der Waals surface area contributed by atoms with Crippen molar-refractivity contribution in [2.75, 3.05) is 12.4 Å². The summed E-state index contributed by atoms with van der Waals surface area (Å²) in [5, 5.41) is 6.23. The molecule has 0 amide bonds. The fourth-order valence-corrected chi connectivity index (χ4v) is 2.64. The Bertz CT molecular complexity index is 1080. The third-order valence-electron chi connectivity index (χ3n) is 3.99. The van der Waals surface area contributed by atoms with E-state index >= 15 is 0 Å². The predicted molar refractivity (Wildman–Crippen MR) is 99.4 cm³/mol. The molecule has 2 N–H and O–H groups in total. The average Bonchev–Trinajstić information content (AvgIpc) is 3.12. The molecule has 0 radical (unpaired) electrons. The average molecular weight is 347 g/mol. The Kier molecular flexibility index (Phi) is 4.10. The van der Waals surface area contributed by atoms with Crippen molar-refractivity contribution in [1.82, 2.24) is 19.6 Å². The molecule has 0 aliphatic heterocycles. The topological polar surface area (TPSA) is 84.3 Å². The number of anilines is 1. The summed E-state index contributed by atoms with van der Waals surface area (Å²) < 4.78 is 6.49. The minimum absolute atomic E-state index is 0.198. The number of benzene rings is 2. The van der Waals surface area contributed by atoms with Crippen molar-refractivity contribution in [2.24, 2.45) is 0 Å². The van der Waals surface area contributed by atoms with Gasteiger partial charge in [0.25, 0.3) is 11.3 Å². The molecule has 4 aromatic rings. The largest absolute Gasteiger partial charge is 0.497 e. The third kappa shape index (κ3) is 3.14. The number of H-pyrrole nitrogens is 1. The molecule has 130 valence electrons. The highest BCUT2D eigenvalue weighted by Gasteiger charge is 2.09. The Morgan fingerprint density at radius 3 is 2.58 bits per heavy atom. The molecular formula is C19H17N5O2. The molecule has 2 aromatic carbocycles. The predicted octanol–water partition coefficient (Wildman–Crippen LogP) is 2.71. The van der Waals surface area contributed by atoms with Crippen molar-refractivity contribution in [1.29, 1.82) is 0 Å². The van der Waals surface area contributed by atoms with E-state index in [-0.39, 0.29) is 5.56 Å². The maximum atomic E-state index is 12.3. The van der Waals surface area contributed by atoms with Crippen LogP contribution in [0.4, 0.5) is 5.69 Å². The summed E-state index contributed by atoms with van der Waals surface area (Å²) in [6, 6.07) is 18.7. The van der Waals surface area contributed by atoms with Gasteiger partial charge in [-0.1, -0.05) is 30.3 Å². The fraction of sp³-hybridized carbons (Fsp3) is 0.105. The van der Waals surface area contributed by atoms with Gasteiger partial charge in [0.1, 0.15) is 5.75 Å². The molecule has 7 nitrogen and oxygen atoms in total. The summed E-state index contributed by atoms with van der Waals surface area (Å²) in [7, 11) is 1.63. The Morgan fingerprint density at radius 1 is 1.08 bits per heavy atom. The molecule has 0 saturated heterocycles. The van der Waals surface area contributed by atoms with Crippen molar-refractivity contribution in [3.63, 3.8) is 0 Å². The van der Waals surface area contributed by atoms with Gasteiger partial charge < -0.3 is 10.1 Å². The lowest BCUT2D eigenvalue weighted by Gasteiger charge is -2.06. The number of ether oxygens (including phenoxy) is 1. The van der Waals surface area contributed by atoms with Crippen molar-refractivity contribution >= 4 is 11.5 Å². The van der Waals surface area contributed by atoms with Crippen LogP contribution >= 0.6 is 0 Å². The lowest BCUT2D eigenvalue weighted by atomic mass is 10.2. The molecule has 4 rings (SSSR count). The quantitative estimate of drug-likeness (QED) is 0.580. The second kappa shape index (κ2) is 6.72. The van der Waals surface area contributed by atoms with Crippen molar-refractivity contribution in [3.8, 4) is 17.1 Å². The van der Waals surface area contributed by atoms with E-state index in [1.807, 2.05) is 54.6 Å². The highest BCUT2D eigenvalue weighted by Crippen LogP contribution is 2.16. The molecule has 2 aromatic heterocycles. The first kappa shape index (κ1) is 15.9. The number of hydrogen-bond donors (Lipinski definition) is 2. The summed E-state index contributed by atoms with van der Waals surface area (Å²) in [5.74, 6) is 1.75. The molecule has 0 spiro atoms. The number of aromatic amines is 1. The zero-order chi connectivity index (χ0) is 17.9. The minimum atomic E-state index is -0.198. The monoisotopic (exact) mass is 347 g/mol. The Hall–Kier alpha value is -3.61. The standard InChI is InChI=1S/C19H17N5O2/c1-26-16-9-7-14(8-10-16)20-12-15-11-17(25)24-19(21-15)22-18(23-24)13-5-3-2-4-6-13/h2-11,20H,12H2,1H3,(H,21,22,23). The second-order valence-electron chi connectivity index (χ2n) is 5.74. The van der Waals surface area contributed by atoms with E-state index in [1.54, 1.807) is 7.11 Å². The van der Waals surface area contributed by atoms with E-state index < -0.39 is 0 Å². The van der Waals surface area contributed by atoms with Crippen LogP contribution in [0.2, 0.25) is 0 Å². The van der Waals surface area contributed by atoms with Gasteiger partial charge >= 0.3 is 0 Å². The van der Waals surface area contributed by atoms with Gasteiger partial charge in [-0.3, -0.25) is 9.89 Å². The molecule has 0 bridgehead atoms. The van der Waals surface area contributed by atoms with Gasteiger partial charge in [0.05, 0.1) is 19.3 Å². The number of rotatable bonds is 5. The normalized spacial score (nSPS) is 10.8. The third-order valence-corrected chi connectivity index (χ3v) is 3.99.